The fourth-order valence-corrected chi connectivity index (χ4v) is 2.35. The topological polar surface area (TPSA) is 47.3 Å². The van der Waals surface area contributed by atoms with Gasteiger partial charge in [-0.3, -0.25) is 0 Å². The highest BCUT2D eigenvalue weighted by molar-refractivity contribution is 9.10. The second-order valence-electron chi connectivity index (χ2n) is 4.62. The van der Waals surface area contributed by atoms with E-state index in [0.717, 1.165) is 6.07 Å². The Morgan fingerprint density at radius 1 is 1.00 bits per heavy atom. The van der Waals surface area contributed by atoms with E-state index in [-0.39, 0.29) is 27.4 Å². The highest BCUT2D eigenvalue weighted by Crippen LogP contribution is 2.39. The van der Waals surface area contributed by atoms with E-state index in [0.29, 0.717) is 0 Å². The van der Waals surface area contributed by atoms with Crippen molar-refractivity contribution in [2.24, 2.45) is 5.73 Å². The van der Waals surface area contributed by atoms with Crippen molar-refractivity contribution >= 4 is 38.9 Å². The van der Waals surface area contributed by atoms with Crippen LogP contribution in [0.2, 0.25) is 0 Å². The number of anilines is 1. The molecular weight excluding hydrogens is 438 g/mol. The summed E-state index contributed by atoms with van der Waals surface area (Å²) in [5, 5.41) is 2.04. The van der Waals surface area contributed by atoms with Gasteiger partial charge in [0, 0.05) is 4.47 Å². The van der Waals surface area contributed by atoms with Gasteiger partial charge in [-0.1, -0.05) is 15.9 Å². The van der Waals surface area contributed by atoms with Crippen LogP contribution in [0.3, 0.4) is 0 Å². The molecule has 0 aliphatic carbocycles. The second kappa shape index (κ2) is 7.08. The molecule has 0 unspecified atom stereocenters. The fraction of sp³-hybridized carbons (Fsp3) is 0.0714. The summed E-state index contributed by atoms with van der Waals surface area (Å²) in [7, 11) is 0. The molecule has 0 aliphatic rings. The molecule has 2 rings (SSSR count). The van der Waals surface area contributed by atoms with Crippen LogP contribution in [0, 0.1) is 17.5 Å². The van der Waals surface area contributed by atoms with Crippen LogP contribution in [0.1, 0.15) is 5.56 Å². The number of nitrogens with one attached hydrogen (secondary N) is 1. The van der Waals surface area contributed by atoms with Crippen molar-refractivity contribution < 1.29 is 31.1 Å². The quantitative estimate of drug-likeness (QED) is 0.495. The van der Waals surface area contributed by atoms with Crippen molar-refractivity contribution in [2.75, 3.05) is 5.32 Å². The first-order chi connectivity index (χ1) is 11.5. The minimum absolute atomic E-state index is 0.0375. The summed E-state index contributed by atoms with van der Waals surface area (Å²) in [5.74, 6) is -6.28. The Labute approximate surface area is 150 Å². The molecule has 0 radical (unpaired) electrons. The van der Waals surface area contributed by atoms with Crippen LogP contribution in [0.5, 0.6) is 11.5 Å². The van der Waals surface area contributed by atoms with E-state index in [1.54, 1.807) is 0 Å². The van der Waals surface area contributed by atoms with Crippen LogP contribution in [0.25, 0.3) is 0 Å². The fourth-order valence-electron chi connectivity index (χ4n) is 1.81. The molecule has 3 N–H and O–H groups in total. The molecule has 3 nitrogen and oxygen atoms in total. The number of ether oxygens (including phenoxy) is 1. The van der Waals surface area contributed by atoms with Gasteiger partial charge in [-0.25, -0.2) is 13.2 Å². The molecule has 2 aromatic carbocycles. The Morgan fingerprint density at radius 3 is 2.00 bits per heavy atom. The van der Waals surface area contributed by atoms with Crippen molar-refractivity contribution in [2.45, 2.75) is 6.18 Å². The summed E-state index contributed by atoms with van der Waals surface area (Å²) in [6, 6.07) is 2.24. The van der Waals surface area contributed by atoms with Gasteiger partial charge in [-0.05, 0) is 36.5 Å². The number of rotatable bonds is 3. The van der Waals surface area contributed by atoms with Crippen LogP contribution in [-0.4, -0.2) is 5.11 Å². The number of halogens is 7. The summed E-state index contributed by atoms with van der Waals surface area (Å²) in [6.45, 7) is 0. The molecule has 0 saturated carbocycles. The van der Waals surface area contributed by atoms with Crippen molar-refractivity contribution in [3.8, 4) is 11.5 Å². The van der Waals surface area contributed by atoms with Crippen LogP contribution in [0.15, 0.2) is 28.7 Å². The average Bonchev–Trinajstić information content (AvgIpc) is 2.42. The van der Waals surface area contributed by atoms with E-state index >= 15 is 0 Å². The standard InChI is InChI=1S/C14H7BrF6N2OS/c15-6-3-9(18)12(10(4-6)23-13(22)25)24-11-7(16)1-5(2-8(11)17)14(19,20)21/h1-4H,(H3,22,23,25). The molecule has 11 heteroatoms. The second-order valence-corrected chi connectivity index (χ2v) is 5.98. The molecule has 0 aliphatic heterocycles. The zero-order valence-corrected chi connectivity index (χ0v) is 14.3. The third-order valence-corrected chi connectivity index (χ3v) is 3.36. The summed E-state index contributed by atoms with van der Waals surface area (Å²) in [5.41, 5.74) is 3.54. The minimum atomic E-state index is -4.96. The van der Waals surface area contributed by atoms with E-state index in [1.807, 2.05) is 0 Å². The summed E-state index contributed by atoms with van der Waals surface area (Å²) >= 11 is 7.59. The van der Waals surface area contributed by atoms with Gasteiger partial charge in [0.2, 0.25) is 0 Å². The third kappa shape index (κ3) is 4.54. The van der Waals surface area contributed by atoms with Gasteiger partial charge in [0.1, 0.15) is 0 Å². The lowest BCUT2D eigenvalue weighted by molar-refractivity contribution is -0.138. The first-order valence-electron chi connectivity index (χ1n) is 6.28. The largest absolute Gasteiger partial charge is 0.446 e. The zero-order valence-electron chi connectivity index (χ0n) is 11.8. The minimum Gasteiger partial charge on any atom is -0.446 e. The number of hydrogen-bond acceptors (Lipinski definition) is 2. The van der Waals surface area contributed by atoms with Gasteiger partial charge < -0.3 is 15.8 Å². The predicted octanol–water partition coefficient (Wildman–Crippen LogP) is 5.33. The number of thiocarbonyl (C=S) groups is 1. The van der Waals surface area contributed by atoms with Gasteiger partial charge in [0.05, 0.1) is 11.3 Å². The number of hydrogen-bond donors (Lipinski definition) is 2. The van der Waals surface area contributed by atoms with E-state index < -0.39 is 40.7 Å². The SMILES string of the molecule is NC(=S)Nc1cc(Br)cc(F)c1Oc1c(F)cc(C(F)(F)F)cc1F. The third-order valence-electron chi connectivity index (χ3n) is 2.80. The Bertz CT molecular complexity index is 820. The number of alkyl halides is 3. The molecule has 0 amide bonds. The Hall–Kier alpha value is -2.01. The maximum absolute atomic E-state index is 14.1. The van der Waals surface area contributed by atoms with Crippen LogP contribution in [0.4, 0.5) is 32.0 Å². The number of nitrogens with two attached hydrogens (primary N) is 1. The van der Waals surface area contributed by atoms with Crippen molar-refractivity contribution in [3.05, 3.63) is 51.8 Å². The first kappa shape index (κ1) is 19.3. The summed E-state index contributed by atoms with van der Waals surface area (Å²) in [6.07, 6.45) is -4.96. The van der Waals surface area contributed by atoms with Gasteiger partial charge in [-0.15, -0.1) is 0 Å². The lowest BCUT2D eigenvalue weighted by Gasteiger charge is -2.15. The molecule has 134 valence electrons. The van der Waals surface area contributed by atoms with Crippen molar-refractivity contribution in [3.63, 3.8) is 0 Å². The normalized spacial score (nSPS) is 11.3. The lowest BCUT2D eigenvalue weighted by Crippen LogP contribution is -2.19. The molecule has 0 fully saturated rings. The predicted molar refractivity (Wildman–Crippen MR) is 85.9 cm³/mol. The van der Waals surface area contributed by atoms with E-state index in [4.69, 9.17) is 10.5 Å². The molecule has 0 saturated heterocycles. The average molecular weight is 445 g/mol. The van der Waals surface area contributed by atoms with Gasteiger partial charge >= 0.3 is 6.18 Å². The monoisotopic (exact) mass is 444 g/mol. The van der Waals surface area contributed by atoms with Gasteiger partial charge in [-0.2, -0.15) is 13.2 Å². The smallest absolute Gasteiger partial charge is 0.416 e. The Morgan fingerprint density at radius 2 is 1.52 bits per heavy atom. The molecule has 0 atom stereocenters. The maximum Gasteiger partial charge on any atom is 0.416 e. The highest BCUT2D eigenvalue weighted by Gasteiger charge is 2.33. The van der Waals surface area contributed by atoms with Crippen LogP contribution in [-0.2, 0) is 6.18 Å². The Balaban J connectivity index is 2.52. The summed E-state index contributed by atoms with van der Waals surface area (Å²) in [4.78, 5) is 0. The highest BCUT2D eigenvalue weighted by atomic mass is 79.9. The Kier molecular flexibility index (Phi) is 5.47. The lowest BCUT2D eigenvalue weighted by atomic mass is 10.2. The van der Waals surface area contributed by atoms with Crippen LogP contribution >= 0.6 is 28.1 Å². The van der Waals surface area contributed by atoms with E-state index in [2.05, 4.69) is 33.5 Å². The van der Waals surface area contributed by atoms with E-state index in [1.165, 1.54) is 6.07 Å². The molecule has 0 bridgehead atoms. The molecule has 0 heterocycles. The number of benzene rings is 2. The molecule has 25 heavy (non-hydrogen) atoms. The van der Waals surface area contributed by atoms with Gasteiger partial charge in [0.15, 0.2) is 34.1 Å². The molecule has 2 aromatic rings. The summed E-state index contributed by atoms with van der Waals surface area (Å²) < 4.78 is 84.5. The van der Waals surface area contributed by atoms with Crippen molar-refractivity contribution in [1.29, 1.82) is 0 Å². The molecular formula is C14H7BrF6N2OS. The maximum atomic E-state index is 14.1. The first-order valence-corrected chi connectivity index (χ1v) is 7.48. The van der Waals surface area contributed by atoms with E-state index in [9.17, 15) is 26.3 Å². The van der Waals surface area contributed by atoms with Crippen molar-refractivity contribution in [1.82, 2.24) is 0 Å². The van der Waals surface area contributed by atoms with Gasteiger partial charge in [0.25, 0.3) is 0 Å². The zero-order chi connectivity index (χ0) is 18.9. The molecule has 0 spiro atoms. The van der Waals surface area contributed by atoms with Crippen LogP contribution < -0.4 is 15.8 Å². The molecule has 0 aromatic heterocycles.